The van der Waals surface area contributed by atoms with E-state index in [0.29, 0.717) is 6.61 Å². The molecule has 0 aromatic carbocycles. The van der Waals surface area contributed by atoms with Crippen LogP contribution in [0.2, 0.25) is 0 Å². The molecule has 2 aliphatic rings. The number of ether oxygens (including phenoxy) is 1. The van der Waals surface area contributed by atoms with Crippen molar-refractivity contribution in [3.8, 4) is 0 Å². The summed E-state index contributed by atoms with van der Waals surface area (Å²) in [4.78, 5) is 0. The van der Waals surface area contributed by atoms with E-state index in [1.54, 1.807) is 13.8 Å². The second kappa shape index (κ2) is 4.84. The van der Waals surface area contributed by atoms with Gasteiger partial charge in [-0.3, -0.25) is 0 Å². The molecule has 0 saturated carbocycles. The summed E-state index contributed by atoms with van der Waals surface area (Å²) in [5.74, 6) is 0. The van der Waals surface area contributed by atoms with Crippen LogP contribution in [-0.4, -0.2) is 45.0 Å². The van der Waals surface area contributed by atoms with Gasteiger partial charge in [0.05, 0.1) is 17.5 Å². The second-order valence-electron chi connectivity index (χ2n) is 5.36. The Balaban J connectivity index is 1.94. The third kappa shape index (κ3) is 2.99. The molecule has 1 spiro atoms. The lowest BCUT2D eigenvalue weighted by molar-refractivity contribution is -0.0193. The summed E-state index contributed by atoms with van der Waals surface area (Å²) in [6, 6.07) is -0.0551. The Labute approximate surface area is 103 Å². The van der Waals surface area contributed by atoms with Gasteiger partial charge in [0.2, 0.25) is 10.0 Å². The second-order valence-corrected chi connectivity index (χ2v) is 7.63. The molecule has 0 aromatic rings. The normalized spacial score (nSPS) is 29.0. The SMILES string of the molecule is CC(C)S(=O)(=O)NC1COC2(CCNCC2)C1. The van der Waals surface area contributed by atoms with E-state index in [9.17, 15) is 8.42 Å². The molecule has 2 fully saturated rings. The number of hydrogen-bond acceptors (Lipinski definition) is 4. The van der Waals surface area contributed by atoms with Crippen molar-refractivity contribution in [1.82, 2.24) is 10.0 Å². The summed E-state index contributed by atoms with van der Waals surface area (Å²) in [6.45, 7) is 5.82. The maximum Gasteiger partial charge on any atom is 0.214 e. The third-order valence-electron chi connectivity index (χ3n) is 3.68. The molecule has 2 aliphatic heterocycles. The van der Waals surface area contributed by atoms with Crippen molar-refractivity contribution in [1.29, 1.82) is 0 Å². The van der Waals surface area contributed by atoms with Gasteiger partial charge in [0, 0.05) is 6.04 Å². The van der Waals surface area contributed by atoms with Crippen molar-refractivity contribution in [3.05, 3.63) is 0 Å². The topological polar surface area (TPSA) is 67.4 Å². The summed E-state index contributed by atoms with van der Waals surface area (Å²) in [6.07, 6.45) is 2.76. The first-order valence-corrected chi connectivity index (χ1v) is 7.84. The van der Waals surface area contributed by atoms with Crippen LogP contribution in [0.25, 0.3) is 0 Å². The van der Waals surface area contributed by atoms with Gasteiger partial charge in [0.25, 0.3) is 0 Å². The smallest absolute Gasteiger partial charge is 0.214 e. The highest BCUT2D eigenvalue weighted by atomic mass is 32.2. The molecule has 2 rings (SSSR count). The number of nitrogens with one attached hydrogen (secondary N) is 2. The minimum atomic E-state index is -3.18. The van der Waals surface area contributed by atoms with Crippen LogP contribution in [0.5, 0.6) is 0 Å². The molecule has 5 nitrogen and oxygen atoms in total. The van der Waals surface area contributed by atoms with E-state index < -0.39 is 10.0 Å². The van der Waals surface area contributed by atoms with Crippen molar-refractivity contribution in [3.63, 3.8) is 0 Å². The first-order chi connectivity index (χ1) is 7.94. The van der Waals surface area contributed by atoms with Crippen molar-refractivity contribution >= 4 is 10.0 Å². The Bertz CT molecular complexity index is 361. The van der Waals surface area contributed by atoms with E-state index in [2.05, 4.69) is 10.0 Å². The molecule has 2 N–H and O–H groups in total. The fourth-order valence-electron chi connectivity index (χ4n) is 2.52. The highest BCUT2D eigenvalue weighted by Crippen LogP contribution is 2.34. The van der Waals surface area contributed by atoms with Crippen LogP contribution in [0.1, 0.15) is 33.1 Å². The number of hydrogen-bond donors (Lipinski definition) is 2. The molecule has 6 heteroatoms. The van der Waals surface area contributed by atoms with E-state index in [1.807, 2.05) is 0 Å². The van der Waals surface area contributed by atoms with Gasteiger partial charge in [-0.2, -0.15) is 0 Å². The van der Waals surface area contributed by atoms with Gasteiger partial charge in [-0.05, 0) is 46.2 Å². The van der Waals surface area contributed by atoms with Gasteiger partial charge in [-0.1, -0.05) is 0 Å². The number of sulfonamides is 1. The van der Waals surface area contributed by atoms with Crippen molar-refractivity contribution in [2.45, 2.75) is 50.0 Å². The molecule has 0 bridgehead atoms. The molecule has 100 valence electrons. The monoisotopic (exact) mass is 262 g/mol. The zero-order valence-electron chi connectivity index (χ0n) is 10.5. The van der Waals surface area contributed by atoms with Crippen LogP contribution in [0.3, 0.4) is 0 Å². The molecular formula is C11H22N2O3S. The van der Waals surface area contributed by atoms with Crippen LogP contribution in [-0.2, 0) is 14.8 Å². The predicted octanol–water partition coefficient (Wildman–Crippen LogP) is 0.225. The third-order valence-corrected chi connectivity index (χ3v) is 5.58. The molecule has 1 atom stereocenters. The molecule has 1 unspecified atom stereocenters. The van der Waals surface area contributed by atoms with Crippen molar-refractivity contribution < 1.29 is 13.2 Å². The lowest BCUT2D eigenvalue weighted by Crippen LogP contribution is -2.43. The molecule has 0 amide bonds. The first kappa shape index (κ1) is 13.3. The summed E-state index contributed by atoms with van der Waals surface area (Å²) in [5.41, 5.74) is -0.0879. The zero-order chi connectivity index (χ0) is 12.5. The van der Waals surface area contributed by atoms with Gasteiger partial charge in [-0.15, -0.1) is 0 Å². The van der Waals surface area contributed by atoms with Crippen LogP contribution < -0.4 is 10.0 Å². The average Bonchev–Trinajstić information content (AvgIpc) is 2.61. The highest BCUT2D eigenvalue weighted by Gasteiger charge is 2.42. The summed E-state index contributed by atoms with van der Waals surface area (Å²) in [7, 11) is -3.18. The summed E-state index contributed by atoms with van der Waals surface area (Å²) < 4.78 is 32.2. The molecule has 0 aliphatic carbocycles. The largest absolute Gasteiger partial charge is 0.373 e. The predicted molar refractivity (Wildman–Crippen MR) is 66.4 cm³/mol. The summed E-state index contributed by atoms with van der Waals surface area (Å²) in [5, 5.41) is 2.92. The van der Waals surface area contributed by atoms with Gasteiger partial charge in [0.1, 0.15) is 0 Å². The highest BCUT2D eigenvalue weighted by molar-refractivity contribution is 7.90. The van der Waals surface area contributed by atoms with Gasteiger partial charge in [-0.25, -0.2) is 13.1 Å². The lowest BCUT2D eigenvalue weighted by Gasteiger charge is -2.32. The maximum atomic E-state index is 11.8. The standard InChI is InChI=1S/C11H22N2O3S/c1-9(2)17(14,15)13-10-7-11(16-8-10)3-5-12-6-4-11/h9-10,12-13H,3-8H2,1-2H3. The number of rotatable bonds is 3. The molecule has 2 heterocycles. The Morgan fingerprint density at radius 2 is 2.00 bits per heavy atom. The maximum absolute atomic E-state index is 11.8. The quantitative estimate of drug-likeness (QED) is 0.764. The van der Waals surface area contributed by atoms with E-state index in [0.717, 1.165) is 32.4 Å². The zero-order valence-corrected chi connectivity index (χ0v) is 11.3. The van der Waals surface area contributed by atoms with Crippen LogP contribution >= 0.6 is 0 Å². The molecule has 0 radical (unpaired) electrons. The van der Waals surface area contributed by atoms with E-state index >= 15 is 0 Å². The minimum absolute atomic E-state index is 0.0551. The van der Waals surface area contributed by atoms with Crippen LogP contribution in [0, 0.1) is 0 Å². The van der Waals surface area contributed by atoms with Crippen LogP contribution in [0.15, 0.2) is 0 Å². The van der Waals surface area contributed by atoms with Gasteiger partial charge in [0.15, 0.2) is 0 Å². The Morgan fingerprint density at radius 3 is 2.59 bits per heavy atom. The fraction of sp³-hybridized carbons (Fsp3) is 1.00. The minimum Gasteiger partial charge on any atom is -0.373 e. The molecule has 2 saturated heterocycles. The Hall–Kier alpha value is -0.170. The van der Waals surface area contributed by atoms with Gasteiger partial charge < -0.3 is 10.1 Å². The number of piperidine rings is 1. The van der Waals surface area contributed by atoms with E-state index in [4.69, 9.17) is 4.74 Å². The molecular weight excluding hydrogens is 240 g/mol. The molecule has 17 heavy (non-hydrogen) atoms. The average molecular weight is 262 g/mol. The van der Waals surface area contributed by atoms with Crippen LogP contribution in [0.4, 0.5) is 0 Å². The molecule has 0 aromatic heterocycles. The van der Waals surface area contributed by atoms with E-state index in [-0.39, 0.29) is 16.9 Å². The fourth-order valence-corrected chi connectivity index (χ4v) is 3.41. The Morgan fingerprint density at radius 1 is 1.35 bits per heavy atom. The van der Waals surface area contributed by atoms with Crippen molar-refractivity contribution in [2.24, 2.45) is 0 Å². The Kier molecular flexibility index (Phi) is 3.77. The van der Waals surface area contributed by atoms with E-state index in [1.165, 1.54) is 0 Å². The van der Waals surface area contributed by atoms with Gasteiger partial charge >= 0.3 is 0 Å². The first-order valence-electron chi connectivity index (χ1n) is 6.29. The van der Waals surface area contributed by atoms with Crippen molar-refractivity contribution in [2.75, 3.05) is 19.7 Å². The lowest BCUT2D eigenvalue weighted by atomic mass is 9.88. The summed E-state index contributed by atoms with van der Waals surface area (Å²) >= 11 is 0.